The van der Waals surface area contributed by atoms with E-state index in [0.29, 0.717) is 18.8 Å². The molecule has 1 aromatic heterocycles. The number of aliphatic imine (C=N–C) groups is 1. The van der Waals surface area contributed by atoms with E-state index in [0.717, 1.165) is 28.2 Å². The Bertz CT molecular complexity index is 843. The van der Waals surface area contributed by atoms with Crippen molar-refractivity contribution in [2.24, 2.45) is 4.99 Å². The van der Waals surface area contributed by atoms with E-state index in [4.69, 9.17) is 9.47 Å². The molecule has 0 radical (unpaired) electrons. The summed E-state index contributed by atoms with van der Waals surface area (Å²) in [6.07, 6.45) is 4.33. The van der Waals surface area contributed by atoms with Gasteiger partial charge in [0.15, 0.2) is 0 Å². The average Bonchev–Trinajstić information content (AvgIpc) is 3.28. The number of hydrogen-bond acceptors (Lipinski definition) is 4. The number of allylic oxidation sites excluding steroid dienone is 4. The molecule has 0 N–H and O–H groups in total. The second-order valence-electron chi connectivity index (χ2n) is 5.97. The minimum absolute atomic E-state index is 0.586. The third kappa shape index (κ3) is 7.96. The van der Waals surface area contributed by atoms with Gasteiger partial charge in [0, 0.05) is 11.3 Å². The lowest BCUT2D eigenvalue weighted by Gasteiger charge is -2.11. The van der Waals surface area contributed by atoms with Crippen molar-refractivity contribution in [1.29, 1.82) is 0 Å². The van der Waals surface area contributed by atoms with Crippen molar-refractivity contribution < 1.29 is 9.47 Å². The summed E-state index contributed by atoms with van der Waals surface area (Å²) >= 11 is 1.67. The molecule has 0 aliphatic heterocycles. The zero-order chi connectivity index (χ0) is 21.6. The number of ether oxygens (including phenoxy) is 2. The molecule has 0 spiro atoms. The van der Waals surface area contributed by atoms with E-state index in [2.05, 4.69) is 53.8 Å². The van der Waals surface area contributed by atoms with E-state index in [9.17, 15) is 0 Å². The van der Waals surface area contributed by atoms with Gasteiger partial charge in [-0.25, -0.2) is 0 Å². The lowest BCUT2D eigenvalue weighted by atomic mass is 10.0. The van der Waals surface area contributed by atoms with Gasteiger partial charge in [0.05, 0.1) is 7.11 Å². The van der Waals surface area contributed by atoms with Crippen LogP contribution in [0.1, 0.15) is 31.9 Å². The number of benzene rings is 1. The fourth-order valence-electron chi connectivity index (χ4n) is 2.50. The lowest BCUT2D eigenvalue weighted by Crippen LogP contribution is -1.96. The van der Waals surface area contributed by atoms with Gasteiger partial charge in [-0.05, 0) is 71.8 Å². The van der Waals surface area contributed by atoms with Crippen LogP contribution in [0.25, 0.3) is 0 Å². The zero-order valence-corrected chi connectivity index (χ0v) is 18.7. The van der Waals surface area contributed by atoms with E-state index >= 15 is 0 Å². The Morgan fingerprint density at radius 2 is 1.83 bits per heavy atom. The van der Waals surface area contributed by atoms with Crippen LogP contribution in [0, 0.1) is 0 Å². The highest BCUT2D eigenvalue weighted by Crippen LogP contribution is 2.21. The molecule has 0 fully saturated rings. The SMILES string of the molecule is C=CC(/C(=C/C(=C)Cc1ccc(OCc2ccsc2)cc1)OC)=C(/C)N=C.CC. The molecule has 0 aliphatic carbocycles. The van der Waals surface area contributed by atoms with Crippen LogP contribution < -0.4 is 4.74 Å². The van der Waals surface area contributed by atoms with Crippen LogP contribution >= 0.6 is 11.3 Å². The summed E-state index contributed by atoms with van der Waals surface area (Å²) in [5, 5.41) is 4.14. The van der Waals surface area contributed by atoms with Crippen LogP contribution in [0.15, 0.2) is 94.0 Å². The summed E-state index contributed by atoms with van der Waals surface area (Å²) in [5.41, 5.74) is 4.83. The zero-order valence-electron chi connectivity index (χ0n) is 17.9. The largest absolute Gasteiger partial charge is 0.496 e. The van der Waals surface area contributed by atoms with E-state index in [1.165, 1.54) is 5.56 Å². The van der Waals surface area contributed by atoms with Gasteiger partial charge < -0.3 is 9.47 Å². The Morgan fingerprint density at radius 3 is 2.34 bits per heavy atom. The first-order valence-electron chi connectivity index (χ1n) is 9.54. The number of nitrogens with zero attached hydrogens (tertiary/aromatic N) is 1. The molecule has 2 aromatic rings. The summed E-state index contributed by atoms with van der Waals surface area (Å²) in [6, 6.07) is 10.1. The number of methoxy groups -OCH3 is 1. The smallest absolute Gasteiger partial charge is 0.128 e. The van der Waals surface area contributed by atoms with Crippen molar-refractivity contribution in [3.63, 3.8) is 0 Å². The fraction of sp³-hybridized carbons (Fsp3) is 0.240. The highest BCUT2D eigenvalue weighted by atomic mass is 32.1. The Labute approximate surface area is 179 Å². The van der Waals surface area contributed by atoms with Crippen LogP contribution in [0.4, 0.5) is 0 Å². The molecular formula is C25H31NO2S. The normalized spacial score (nSPS) is 11.5. The average molecular weight is 410 g/mol. The van der Waals surface area contributed by atoms with Gasteiger partial charge in [0.1, 0.15) is 18.1 Å². The van der Waals surface area contributed by atoms with Crippen molar-refractivity contribution in [1.82, 2.24) is 0 Å². The number of hydrogen-bond donors (Lipinski definition) is 0. The first-order valence-corrected chi connectivity index (χ1v) is 10.5. The Balaban J connectivity index is 0.00000204. The van der Waals surface area contributed by atoms with Crippen LogP contribution in [0.5, 0.6) is 5.75 Å². The fourth-order valence-corrected chi connectivity index (χ4v) is 3.16. The minimum Gasteiger partial charge on any atom is -0.496 e. The predicted molar refractivity (Wildman–Crippen MR) is 127 cm³/mol. The molecule has 154 valence electrons. The summed E-state index contributed by atoms with van der Waals surface area (Å²) < 4.78 is 11.3. The number of rotatable bonds is 10. The molecule has 0 amide bonds. The lowest BCUT2D eigenvalue weighted by molar-refractivity contribution is 0.301. The molecule has 0 atom stereocenters. The molecular weight excluding hydrogens is 378 g/mol. The first kappa shape index (κ1) is 24.2. The third-order valence-corrected chi connectivity index (χ3v) is 4.72. The molecule has 3 nitrogen and oxygen atoms in total. The van der Waals surface area contributed by atoms with Crippen LogP contribution in [-0.2, 0) is 17.8 Å². The molecule has 1 heterocycles. The maximum Gasteiger partial charge on any atom is 0.128 e. The summed E-state index contributed by atoms with van der Waals surface area (Å²) in [7, 11) is 1.62. The van der Waals surface area contributed by atoms with Crippen LogP contribution in [-0.4, -0.2) is 13.8 Å². The second-order valence-corrected chi connectivity index (χ2v) is 6.75. The topological polar surface area (TPSA) is 30.8 Å². The maximum atomic E-state index is 5.80. The van der Waals surface area contributed by atoms with Crippen molar-refractivity contribution in [3.05, 3.63) is 100 Å². The Hall–Kier alpha value is -2.85. The van der Waals surface area contributed by atoms with Crippen LogP contribution in [0.3, 0.4) is 0 Å². The van der Waals surface area contributed by atoms with Gasteiger partial charge in [0.2, 0.25) is 0 Å². The molecule has 0 unspecified atom stereocenters. The van der Waals surface area contributed by atoms with Gasteiger partial charge in [-0.2, -0.15) is 11.3 Å². The van der Waals surface area contributed by atoms with Gasteiger partial charge in [-0.1, -0.05) is 45.2 Å². The van der Waals surface area contributed by atoms with Crippen molar-refractivity contribution in [3.8, 4) is 5.75 Å². The minimum atomic E-state index is 0.586. The highest BCUT2D eigenvalue weighted by Gasteiger charge is 2.07. The third-order valence-electron chi connectivity index (χ3n) is 3.99. The predicted octanol–water partition coefficient (Wildman–Crippen LogP) is 7.14. The van der Waals surface area contributed by atoms with Gasteiger partial charge in [-0.15, -0.1) is 0 Å². The van der Waals surface area contributed by atoms with E-state index in [1.807, 2.05) is 39.0 Å². The van der Waals surface area contributed by atoms with Crippen molar-refractivity contribution in [2.75, 3.05) is 7.11 Å². The summed E-state index contributed by atoms with van der Waals surface area (Å²) in [6.45, 7) is 18.0. The van der Waals surface area contributed by atoms with Crippen molar-refractivity contribution in [2.45, 2.75) is 33.8 Å². The molecule has 0 bridgehead atoms. The first-order chi connectivity index (χ1) is 14.1. The molecule has 1 aromatic carbocycles. The molecule has 2 rings (SSSR count). The Kier molecular flexibility index (Phi) is 11.1. The molecule has 0 saturated heterocycles. The summed E-state index contributed by atoms with van der Waals surface area (Å²) in [5.74, 6) is 1.53. The van der Waals surface area contributed by atoms with E-state index < -0.39 is 0 Å². The van der Waals surface area contributed by atoms with Gasteiger partial charge in [-0.3, -0.25) is 4.99 Å². The molecule has 4 heteroatoms. The van der Waals surface area contributed by atoms with E-state index in [-0.39, 0.29) is 0 Å². The quantitative estimate of drug-likeness (QED) is 0.237. The number of thiophene rings is 1. The summed E-state index contributed by atoms with van der Waals surface area (Å²) in [4.78, 5) is 3.96. The van der Waals surface area contributed by atoms with Gasteiger partial charge >= 0.3 is 0 Å². The monoisotopic (exact) mass is 409 g/mol. The molecule has 0 saturated carbocycles. The highest BCUT2D eigenvalue weighted by molar-refractivity contribution is 7.07. The van der Waals surface area contributed by atoms with Crippen molar-refractivity contribution >= 4 is 18.1 Å². The molecule has 0 aliphatic rings. The maximum absolute atomic E-state index is 5.80. The molecule has 29 heavy (non-hydrogen) atoms. The van der Waals surface area contributed by atoms with Gasteiger partial charge in [0.25, 0.3) is 0 Å². The van der Waals surface area contributed by atoms with E-state index in [1.54, 1.807) is 24.5 Å². The standard InChI is InChI=1S/C23H25NO2S.C2H6/c1-6-22(18(3)24-4)23(25-5)14-17(2)13-19-7-9-21(10-8-19)26-15-20-11-12-27-16-20;1-2/h6-12,14,16H,1-2,4,13,15H2,3,5H3;1-2H3/b22-18+,23-14-;. The Morgan fingerprint density at radius 1 is 1.14 bits per heavy atom. The second kappa shape index (κ2) is 13.3. The van der Waals surface area contributed by atoms with Crippen LogP contribution in [0.2, 0.25) is 0 Å².